The summed E-state index contributed by atoms with van der Waals surface area (Å²) >= 11 is 1.78. The Hall–Kier alpha value is -2.24. The first kappa shape index (κ1) is 21.0. The van der Waals surface area contributed by atoms with Gasteiger partial charge in [0.2, 0.25) is 0 Å². The largest absolute Gasteiger partial charge is 0.367 e. The molecule has 1 aliphatic heterocycles. The number of aryl methyl sites for hydroxylation is 2. The number of hydrogen-bond donors (Lipinski definition) is 0. The summed E-state index contributed by atoms with van der Waals surface area (Å²) in [4.78, 5) is 22.6. The number of hydrogen-bond acceptors (Lipinski definition) is 5. The molecule has 0 unspecified atom stereocenters. The third-order valence-electron chi connectivity index (χ3n) is 5.73. The third kappa shape index (κ3) is 4.90. The molecule has 0 aliphatic carbocycles. The van der Waals surface area contributed by atoms with Crippen molar-refractivity contribution in [3.05, 3.63) is 64.1 Å². The van der Waals surface area contributed by atoms with Crippen molar-refractivity contribution in [2.45, 2.75) is 52.4 Å². The molecule has 0 bridgehead atoms. The maximum absolute atomic E-state index is 12.1. The van der Waals surface area contributed by atoms with Crippen molar-refractivity contribution in [1.29, 1.82) is 0 Å². The molecule has 3 aromatic rings. The summed E-state index contributed by atoms with van der Waals surface area (Å²) in [6, 6.07) is 15.1. The highest BCUT2D eigenvalue weighted by atomic mass is 32.1. The Labute approximate surface area is 182 Å². The van der Waals surface area contributed by atoms with Crippen molar-refractivity contribution in [3.8, 4) is 0 Å². The maximum atomic E-state index is 12.1. The number of rotatable bonds is 5. The van der Waals surface area contributed by atoms with Gasteiger partial charge in [0.15, 0.2) is 0 Å². The summed E-state index contributed by atoms with van der Waals surface area (Å²) < 4.78 is 0. The Balaban J connectivity index is 1.32. The van der Waals surface area contributed by atoms with E-state index < -0.39 is 5.41 Å². The minimum atomic E-state index is -0.467. The first-order valence-electron chi connectivity index (χ1n) is 10.8. The second-order valence-corrected chi connectivity index (χ2v) is 10.0. The number of hydroxylamine groups is 2. The van der Waals surface area contributed by atoms with Crippen LogP contribution in [0.15, 0.2) is 47.8 Å². The quantitative estimate of drug-likeness (QED) is 0.524. The Morgan fingerprint density at radius 3 is 2.60 bits per heavy atom. The molecule has 1 aromatic heterocycles. The molecule has 2 heterocycles. The molecule has 1 fully saturated rings. The molecule has 0 amide bonds. The molecule has 5 heteroatoms. The molecule has 1 saturated heterocycles. The molecule has 0 radical (unpaired) electrons. The lowest BCUT2D eigenvalue weighted by Gasteiger charge is -2.31. The lowest BCUT2D eigenvalue weighted by Crippen LogP contribution is -2.38. The van der Waals surface area contributed by atoms with Gasteiger partial charge >= 0.3 is 5.97 Å². The third-order valence-corrected chi connectivity index (χ3v) is 6.78. The molecular weight excluding hydrogens is 392 g/mol. The maximum Gasteiger partial charge on any atom is 0.330 e. The molecule has 0 saturated carbocycles. The van der Waals surface area contributed by atoms with Gasteiger partial charge in [0.05, 0.1) is 16.1 Å². The molecule has 4 nitrogen and oxygen atoms in total. The molecule has 1 aliphatic rings. The molecule has 2 aromatic carbocycles. The van der Waals surface area contributed by atoms with Crippen LogP contribution in [0.1, 0.15) is 55.8 Å². The molecular formula is C25H30N2O2S. The molecule has 0 spiro atoms. The zero-order chi connectivity index (χ0) is 21.1. The molecule has 4 rings (SSSR count). The van der Waals surface area contributed by atoms with E-state index in [0.717, 1.165) is 38.8 Å². The summed E-state index contributed by atoms with van der Waals surface area (Å²) in [6.45, 7) is 7.21. The van der Waals surface area contributed by atoms with Crippen LogP contribution in [0.25, 0.3) is 10.8 Å². The van der Waals surface area contributed by atoms with Crippen molar-refractivity contribution in [1.82, 2.24) is 10.0 Å². The van der Waals surface area contributed by atoms with Crippen LogP contribution in [-0.4, -0.2) is 29.1 Å². The van der Waals surface area contributed by atoms with Gasteiger partial charge in [-0.15, -0.1) is 16.4 Å². The summed E-state index contributed by atoms with van der Waals surface area (Å²) in [5.41, 5.74) is 2.10. The average molecular weight is 423 g/mol. The van der Waals surface area contributed by atoms with E-state index in [4.69, 9.17) is 9.82 Å². The van der Waals surface area contributed by atoms with Gasteiger partial charge in [-0.1, -0.05) is 42.5 Å². The van der Waals surface area contributed by atoms with E-state index in [2.05, 4.69) is 47.8 Å². The fraction of sp³-hybridized carbons (Fsp3) is 0.440. The van der Waals surface area contributed by atoms with Crippen LogP contribution >= 0.6 is 11.3 Å². The van der Waals surface area contributed by atoms with Gasteiger partial charge in [0, 0.05) is 24.4 Å². The molecule has 158 valence electrons. The van der Waals surface area contributed by atoms with E-state index in [0.29, 0.717) is 5.92 Å². The first-order chi connectivity index (χ1) is 14.4. The highest BCUT2D eigenvalue weighted by Crippen LogP contribution is 2.31. The van der Waals surface area contributed by atoms with E-state index in [1.807, 2.05) is 25.8 Å². The SMILES string of the molecule is CC(C)(C)C(=O)ON1CCC(c2nc(CCc3cccc4ccccc34)cs2)CC1. The lowest BCUT2D eigenvalue weighted by atomic mass is 9.97. The number of piperidine rings is 1. The van der Waals surface area contributed by atoms with Crippen molar-refractivity contribution >= 4 is 28.1 Å². The first-order valence-corrected chi connectivity index (χ1v) is 11.7. The zero-order valence-corrected chi connectivity index (χ0v) is 18.9. The highest BCUT2D eigenvalue weighted by Gasteiger charge is 2.29. The van der Waals surface area contributed by atoms with Crippen molar-refractivity contribution in [2.24, 2.45) is 5.41 Å². The minimum absolute atomic E-state index is 0.161. The van der Waals surface area contributed by atoms with E-state index in [1.54, 1.807) is 11.3 Å². The van der Waals surface area contributed by atoms with Crippen molar-refractivity contribution in [2.75, 3.05) is 13.1 Å². The van der Waals surface area contributed by atoms with Crippen molar-refractivity contribution in [3.63, 3.8) is 0 Å². The van der Waals surface area contributed by atoms with Crippen LogP contribution in [0.3, 0.4) is 0 Å². The van der Waals surface area contributed by atoms with Crippen LogP contribution in [0.2, 0.25) is 0 Å². The number of aromatic nitrogens is 1. The molecule has 30 heavy (non-hydrogen) atoms. The fourth-order valence-corrected chi connectivity index (χ4v) is 4.87. The van der Waals surface area contributed by atoms with Gasteiger partial charge < -0.3 is 4.84 Å². The Morgan fingerprint density at radius 1 is 1.10 bits per heavy atom. The summed E-state index contributed by atoms with van der Waals surface area (Å²) in [5, 5.41) is 7.90. The van der Waals surface area contributed by atoms with Gasteiger partial charge in [-0.3, -0.25) is 0 Å². The average Bonchev–Trinajstić information content (AvgIpc) is 3.21. The number of benzene rings is 2. The predicted molar refractivity (Wildman–Crippen MR) is 123 cm³/mol. The Morgan fingerprint density at radius 2 is 1.83 bits per heavy atom. The number of carbonyl (C=O) groups excluding carboxylic acids is 1. The minimum Gasteiger partial charge on any atom is -0.367 e. The van der Waals surface area contributed by atoms with Crippen LogP contribution in [-0.2, 0) is 22.5 Å². The van der Waals surface area contributed by atoms with Crippen LogP contribution in [0.5, 0.6) is 0 Å². The second kappa shape index (κ2) is 8.86. The lowest BCUT2D eigenvalue weighted by molar-refractivity contribution is -0.204. The van der Waals surface area contributed by atoms with E-state index >= 15 is 0 Å². The topological polar surface area (TPSA) is 42.4 Å². The van der Waals surface area contributed by atoms with Crippen LogP contribution < -0.4 is 0 Å². The van der Waals surface area contributed by atoms with Gasteiger partial charge in [0.25, 0.3) is 0 Å². The Bertz CT molecular complexity index is 1010. The number of fused-ring (bicyclic) bond motifs is 1. The van der Waals surface area contributed by atoms with Crippen LogP contribution in [0, 0.1) is 5.41 Å². The highest BCUT2D eigenvalue weighted by molar-refractivity contribution is 7.09. The van der Waals surface area contributed by atoms with Gasteiger partial charge in [-0.2, -0.15) is 0 Å². The zero-order valence-electron chi connectivity index (χ0n) is 18.1. The molecule has 0 atom stereocenters. The summed E-state index contributed by atoms with van der Waals surface area (Å²) in [5.74, 6) is 0.303. The summed E-state index contributed by atoms with van der Waals surface area (Å²) in [6.07, 6.45) is 3.93. The Kier molecular flexibility index (Phi) is 6.21. The number of nitrogens with zero attached hydrogens (tertiary/aromatic N) is 2. The van der Waals surface area contributed by atoms with E-state index in [-0.39, 0.29) is 5.97 Å². The predicted octanol–water partition coefficient (Wildman–Crippen LogP) is 5.77. The monoisotopic (exact) mass is 422 g/mol. The standard InChI is InChI=1S/C25H30N2O2S/c1-25(2,3)24(28)29-27-15-13-20(14-16-27)23-26-21(17-30-23)12-11-19-9-6-8-18-7-4-5-10-22(18)19/h4-10,17,20H,11-16H2,1-3H3. The van der Waals surface area contributed by atoms with Gasteiger partial charge in [-0.05, 0) is 62.8 Å². The van der Waals surface area contributed by atoms with Crippen molar-refractivity contribution < 1.29 is 9.63 Å². The summed E-state index contributed by atoms with van der Waals surface area (Å²) in [7, 11) is 0. The normalized spacial score (nSPS) is 16.1. The molecule has 0 N–H and O–H groups in total. The second-order valence-electron chi connectivity index (χ2n) is 9.15. The number of carbonyl (C=O) groups is 1. The van der Waals surface area contributed by atoms with Gasteiger partial charge in [-0.25, -0.2) is 9.78 Å². The van der Waals surface area contributed by atoms with Gasteiger partial charge in [0.1, 0.15) is 0 Å². The number of thiazole rings is 1. The fourth-order valence-electron chi connectivity index (χ4n) is 3.85. The van der Waals surface area contributed by atoms with E-state index in [9.17, 15) is 4.79 Å². The van der Waals surface area contributed by atoms with Crippen LogP contribution in [0.4, 0.5) is 0 Å². The van der Waals surface area contributed by atoms with E-state index in [1.165, 1.54) is 27.0 Å². The smallest absolute Gasteiger partial charge is 0.330 e.